The van der Waals surface area contributed by atoms with E-state index in [0.717, 1.165) is 29.0 Å². The number of hydrogen-bond donors (Lipinski definition) is 0. The van der Waals surface area contributed by atoms with Crippen molar-refractivity contribution in [3.63, 3.8) is 0 Å². The summed E-state index contributed by atoms with van der Waals surface area (Å²) in [5.74, 6) is 2.34. The van der Waals surface area contributed by atoms with Gasteiger partial charge in [0, 0.05) is 24.7 Å². The molecule has 0 amide bonds. The summed E-state index contributed by atoms with van der Waals surface area (Å²) in [4.78, 5) is 4.11. The summed E-state index contributed by atoms with van der Waals surface area (Å²) in [7, 11) is 0. The molecule has 0 bridgehead atoms. The molecule has 3 rings (SSSR count). The molecule has 0 spiro atoms. The molecule has 20 heavy (non-hydrogen) atoms. The van der Waals surface area contributed by atoms with Crippen LogP contribution in [0.3, 0.4) is 0 Å². The molecule has 0 aliphatic carbocycles. The highest BCUT2D eigenvalue weighted by Gasteiger charge is 2.14. The molecule has 0 saturated carbocycles. The van der Waals surface area contributed by atoms with E-state index < -0.39 is 0 Å². The standard InChI is InChI=1S/C14H14N4OS/c1-2-18-13(12-6-4-8-19-12)16-17-14(18)20-10-11-5-3-7-15-9-11/h3-9H,2,10H2,1H3. The SMILES string of the molecule is CCn1c(SCc2cccnc2)nnc1-c1ccco1. The van der Waals surface area contributed by atoms with Gasteiger partial charge in [-0.1, -0.05) is 17.8 Å². The Hall–Kier alpha value is -2.08. The molecule has 0 aromatic carbocycles. The number of nitrogens with zero attached hydrogens (tertiary/aromatic N) is 4. The number of aromatic nitrogens is 4. The third kappa shape index (κ3) is 2.60. The monoisotopic (exact) mass is 286 g/mol. The minimum Gasteiger partial charge on any atom is -0.461 e. The Morgan fingerprint density at radius 2 is 2.20 bits per heavy atom. The molecule has 5 nitrogen and oxygen atoms in total. The van der Waals surface area contributed by atoms with Gasteiger partial charge in [0.1, 0.15) is 0 Å². The van der Waals surface area contributed by atoms with Crippen molar-refractivity contribution in [2.24, 2.45) is 0 Å². The summed E-state index contributed by atoms with van der Waals surface area (Å²) in [6.45, 7) is 2.88. The summed E-state index contributed by atoms with van der Waals surface area (Å²) >= 11 is 1.65. The van der Waals surface area contributed by atoms with Crippen molar-refractivity contribution >= 4 is 11.8 Å². The first kappa shape index (κ1) is 12.9. The zero-order chi connectivity index (χ0) is 13.8. The topological polar surface area (TPSA) is 56.7 Å². The molecule has 102 valence electrons. The van der Waals surface area contributed by atoms with Gasteiger partial charge < -0.3 is 4.42 Å². The summed E-state index contributed by atoms with van der Waals surface area (Å²) < 4.78 is 7.45. The minimum atomic E-state index is 0.743. The Morgan fingerprint density at radius 1 is 1.25 bits per heavy atom. The van der Waals surface area contributed by atoms with E-state index in [2.05, 4.69) is 32.7 Å². The van der Waals surface area contributed by atoms with Crippen molar-refractivity contribution in [1.29, 1.82) is 0 Å². The van der Waals surface area contributed by atoms with Gasteiger partial charge in [-0.25, -0.2) is 0 Å². The summed E-state index contributed by atoms with van der Waals surface area (Å²) in [6.07, 6.45) is 5.29. The van der Waals surface area contributed by atoms with Gasteiger partial charge in [-0.15, -0.1) is 10.2 Å². The van der Waals surface area contributed by atoms with Crippen molar-refractivity contribution in [2.45, 2.75) is 24.4 Å². The largest absolute Gasteiger partial charge is 0.461 e. The molecule has 0 unspecified atom stereocenters. The van der Waals surface area contributed by atoms with Gasteiger partial charge in [-0.3, -0.25) is 9.55 Å². The smallest absolute Gasteiger partial charge is 0.200 e. The highest BCUT2D eigenvalue weighted by Crippen LogP contribution is 2.26. The quantitative estimate of drug-likeness (QED) is 0.674. The lowest BCUT2D eigenvalue weighted by atomic mass is 10.3. The molecule has 0 N–H and O–H groups in total. The highest BCUT2D eigenvalue weighted by molar-refractivity contribution is 7.98. The second kappa shape index (κ2) is 5.92. The van der Waals surface area contributed by atoms with Crippen LogP contribution in [0, 0.1) is 0 Å². The van der Waals surface area contributed by atoms with Crippen molar-refractivity contribution in [1.82, 2.24) is 19.7 Å². The maximum Gasteiger partial charge on any atom is 0.200 e. The van der Waals surface area contributed by atoms with Crippen LogP contribution in [0.4, 0.5) is 0 Å². The lowest BCUT2D eigenvalue weighted by molar-refractivity contribution is 0.567. The van der Waals surface area contributed by atoms with Crippen molar-refractivity contribution < 1.29 is 4.42 Å². The van der Waals surface area contributed by atoms with E-state index in [-0.39, 0.29) is 0 Å². The Balaban J connectivity index is 1.80. The van der Waals surface area contributed by atoms with Gasteiger partial charge in [-0.05, 0) is 30.7 Å². The fourth-order valence-electron chi connectivity index (χ4n) is 1.90. The van der Waals surface area contributed by atoms with Gasteiger partial charge in [-0.2, -0.15) is 0 Å². The predicted molar refractivity (Wildman–Crippen MR) is 77.2 cm³/mol. The highest BCUT2D eigenvalue weighted by atomic mass is 32.2. The van der Waals surface area contributed by atoms with Gasteiger partial charge in [0.25, 0.3) is 0 Å². The van der Waals surface area contributed by atoms with Crippen LogP contribution in [0.25, 0.3) is 11.6 Å². The molecular weight excluding hydrogens is 272 g/mol. The fraction of sp³-hybridized carbons (Fsp3) is 0.214. The van der Waals surface area contributed by atoms with Crippen LogP contribution < -0.4 is 0 Å². The third-order valence-corrected chi connectivity index (χ3v) is 3.90. The van der Waals surface area contributed by atoms with Crippen LogP contribution in [0.15, 0.2) is 52.5 Å². The molecule has 0 atom stereocenters. The maximum absolute atomic E-state index is 5.40. The van der Waals surface area contributed by atoms with Crippen LogP contribution in [-0.4, -0.2) is 19.7 Å². The number of rotatable bonds is 5. The van der Waals surface area contributed by atoms with Crippen LogP contribution in [0.2, 0.25) is 0 Å². The van der Waals surface area contributed by atoms with Crippen molar-refractivity contribution in [3.05, 3.63) is 48.5 Å². The molecule has 6 heteroatoms. The molecule has 3 heterocycles. The van der Waals surface area contributed by atoms with Crippen LogP contribution >= 0.6 is 11.8 Å². The second-order valence-corrected chi connectivity index (χ2v) is 5.12. The van der Waals surface area contributed by atoms with E-state index in [0.29, 0.717) is 0 Å². The lowest BCUT2D eigenvalue weighted by Crippen LogP contribution is -1.99. The molecule has 3 aromatic rings. The normalized spacial score (nSPS) is 10.8. The minimum absolute atomic E-state index is 0.743. The predicted octanol–water partition coefficient (Wildman–Crippen LogP) is 3.25. The van der Waals surface area contributed by atoms with Crippen LogP contribution in [0.5, 0.6) is 0 Å². The van der Waals surface area contributed by atoms with E-state index in [4.69, 9.17) is 4.42 Å². The Morgan fingerprint density at radius 3 is 2.90 bits per heavy atom. The number of pyridine rings is 1. The zero-order valence-corrected chi connectivity index (χ0v) is 11.9. The third-order valence-electron chi connectivity index (χ3n) is 2.87. The summed E-state index contributed by atoms with van der Waals surface area (Å²) in [6, 6.07) is 7.74. The lowest BCUT2D eigenvalue weighted by Gasteiger charge is -2.05. The molecule has 0 aliphatic heterocycles. The summed E-state index contributed by atoms with van der Waals surface area (Å²) in [5.41, 5.74) is 1.17. The van der Waals surface area contributed by atoms with E-state index in [1.165, 1.54) is 5.56 Å². The Labute approximate surface area is 121 Å². The van der Waals surface area contributed by atoms with Crippen LogP contribution in [-0.2, 0) is 12.3 Å². The molecule has 0 fully saturated rings. The van der Waals surface area contributed by atoms with Gasteiger partial charge in [0.05, 0.1) is 6.26 Å². The average molecular weight is 286 g/mol. The van der Waals surface area contributed by atoms with Crippen molar-refractivity contribution in [3.8, 4) is 11.6 Å². The first-order valence-corrected chi connectivity index (χ1v) is 7.36. The van der Waals surface area contributed by atoms with E-state index in [1.54, 1.807) is 24.2 Å². The van der Waals surface area contributed by atoms with Gasteiger partial charge >= 0.3 is 0 Å². The average Bonchev–Trinajstić information content (AvgIpc) is 3.14. The van der Waals surface area contributed by atoms with Gasteiger partial charge in [0.15, 0.2) is 16.7 Å². The molecule has 0 saturated heterocycles. The number of furan rings is 1. The fourth-order valence-corrected chi connectivity index (χ4v) is 2.84. The molecule has 3 aromatic heterocycles. The second-order valence-electron chi connectivity index (χ2n) is 4.18. The number of hydrogen-bond acceptors (Lipinski definition) is 5. The molecule has 0 aliphatic rings. The Bertz CT molecular complexity index is 664. The molecule has 0 radical (unpaired) electrons. The maximum atomic E-state index is 5.40. The molecular formula is C14H14N4OS. The number of thioether (sulfide) groups is 1. The zero-order valence-electron chi connectivity index (χ0n) is 11.1. The first-order chi connectivity index (χ1) is 9.88. The van der Waals surface area contributed by atoms with Crippen molar-refractivity contribution in [2.75, 3.05) is 0 Å². The van der Waals surface area contributed by atoms with E-state index >= 15 is 0 Å². The van der Waals surface area contributed by atoms with Gasteiger partial charge in [0.2, 0.25) is 0 Å². The Kier molecular flexibility index (Phi) is 3.83. The van der Waals surface area contributed by atoms with Crippen LogP contribution in [0.1, 0.15) is 12.5 Å². The first-order valence-electron chi connectivity index (χ1n) is 6.37. The van der Waals surface area contributed by atoms with E-state index in [9.17, 15) is 0 Å². The van der Waals surface area contributed by atoms with E-state index in [1.807, 2.05) is 24.4 Å². The summed E-state index contributed by atoms with van der Waals surface area (Å²) in [5, 5.41) is 9.37.